The Labute approximate surface area is 337 Å². The molecule has 0 aromatic carbocycles. The van der Waals surface area contributed by atoms with Gasteiger partial charge in [-0.15, -0.1) is 0 Å². The average Bonchev–Trinajstić information content (AvgIpc) is 3.18. The summed E-state index contributed by atoms with van der Waals surface area (Å²) < 4.78 is 0. The van der Waals surface area contributed by atoms with Crippen molar-refractivity contribution in [2.75, 3.05) is 6.61 Å². The summed E-state index contributed by atoms with van der Waals surface area (Å²) in [6.45, 7) is 4.26. The number of allylic oxidation sites excluding steroid dienone is 8. The first-order chi connectivity index (χ1) is 26.7. The lowest BCUT2D eigenvalue weighted by Gasteiger charge is -2.22. The maximum absolute atomic E-state index is 12.4. The molecule has 2 unspecified atom stereocenters. The second kappa shape index (κ2) is 45.7. The van der Waals surface area contributed by atoms with Gasteiger partial charge in [-0.25, -0.2) is 0 Å². The molecule has 0 aromatic rings. The SMILES string of the molecule is CC/C=C\C/C=C\C/C=C\C/C=C\CCCCCCCCCCCCCCC(=O)NC(CO)C(O)CCCCCCCCCCCCCCCCCCC. The van der Waals surface area contributed by atoms with Crippen molar-refractivity contribution in [3.05, 3.63) is 48.6 Å². The third kappa shape index (κ3) is 41.5. The topological polar surface area (TPSA) is 69.6 Å². The van der Waals surface area contributed by atoms with Gasteiger partial charge in [-0.1, -0.05) is 236 Å². The van der Waals surface area contributed by atoms with Crippen LogP contribution in [0.25, 0.3) is 0 Å². The zero-order valence-corrected chi connectivity index (χ0v) is 36.2. The van der Waals surface area contributed by atoms with E-state index in [1.165, 1.54) is 167 Å². The van der Waals surface area contributed by atoms with Crippen LogP contribution in [0.3, 0.4) is 0 Å². The predicted octanol–water partition coefficient (Wildman–Crippen LogP) is 15.1. The molecule has 0 spiro atoms. The Morgan fingerprint density at radius 1 is 0.463 bits per heavy atom. The molecule has 4 nitrogen and oxygen atoms in total. The molecule has 4 heteroatoms. The summed E-state index contributed by atoms with van der Waals surface area (Å²) in [5.74, 6) is -0.0334. The smallest absolute Gasteiger partial charge is 0.220 e. The predicted molar refractivity (Wildman–Crippen MR) is 239 cm³/mol. The lowest BCUT2D eigenvalue weighted by molar-refractivity contribution is -0.123. The zero-order valence-electron chi connectivity index (χ0n) is 36.2. The number of nitrogens with one attached hydrogen (secondary N) is 1. The van der Waals surface area contributed by atoms with Crippen LogP contribution in [0.15, 0.2) is 48.6 Å². The number of hydrogen-bond acceptors (Lipinski definition) is 3. The first kappa shape index (κ1) is 52.3. The largest absolute Gasteiger partial charge is 0.394 e. The number of unbranched alkanes of at least 4 members (excludes halogenated alkanes) is 28. The monoisotopic (exact) mass is 756 g/mol. The van der Waals surface area contributed by atoms with E-state index >= 15 is 0 Å². The summed E-state index contributed by atoms with van der Waals surface area (Å²) in [6, 6.07) is -0.538. The highest BCUT2D eigenvalue weighted by Crippen LogP contribution is 2.16. The van der Waals surface area contributed by atoms with Crippen LogP contribution in [0.4, 0.5) is 0 Å². The Hall–Kier alpha value is -1.65. The fourth-order valence-corrected chi connectivity index (χ4v) is 7.24. The molecular weight excluding hydrogens is 663 g/mol. The minimum atomic E-state index is -0.661. The Morgan fingerprint density at radius 3 is 1.22 bits per heavy atom. The third-order valence-electron chi connectivity index (χ3n) is 10.9. The first-order valence-electron chi connectivity index (χ1n) is 23.8. The van der Waals surface area contributed by atoms with Crippen molar-refractivity contribution in [1.29, 1.82) is 0 Å². The summed E-state index contributed by atoms with van der Waals surface area (Å²) in [5, 5.41) is 23.2. The Morgan fingerprint density at radius 2 is 0.815 bits per heavy atom. The molecule has 0 fully saturated rings. The van der Waals surface area contributed by atoms with Gasteiger partial charge in [-0.3, -0.25) is 4.79 Å². The summed E-state index contributed by atoms with van der Waals surface area (Å²) in [6.07, 6.45) is 62.0. The van der Waals surface area contributed by atoms with E-state index in [-0.39, 0.29) is 12.5 Å². The van der Waals surface area contributed by atoms with Crippen molar-refractivity contribution in [1.82, 2.24) is 5.32 Å². The van der Waals surface area contributed by atoms with Crippen LogP contribution in [0.5, 0.6) is 0 Å². The van der Waals surface area contributed by atoms with Gasteiger partial charge in [0.05, 0.1) is 18.8 Å². The van der Waals surface area contributed by atoms with Crippen LogP contribution in [-0.4, -0.2) is 34.9 Å². The molecule has 0 aliphatic rings. The molecule has 0 rings (SSSR count). The molecule has 2 atom stereocenters. The summed E-state index contributed by atoms with van der Waals surface area (Å²) in [4.78, 5) is 12.4. The van der Waals surface area contributed by atoms with E-state index < -0.39 is 12.1 Å². The second-order valence-electron chi connectivity index (χ2n) is 16.2. The molecule has 54 heavy (non-hydrogen) atoms. The van der Waals surface area contributed by atoms with Crippen LogP contribution in [0, 0.1) is 0 Å². The van der Waals surface area contributed by atoms with Gasteiger partial charge in [0, 0.05) is 6.42 Å². The van der Waals surface area contributed by atoms with Gasteiger partial charge in [0.1, 0.15) is 0 Å². The molecule has 0 heterocycles. The van der Waals surface area contributed by atoms with Crippen LogP contribution < -0.4 is 5.32 Å². The third-order valence-corrected chi connectivity index (χ3v) is 10.9. The van der Waals surface area contributed by atoms with Crippen molar-refractivity contribution < 1.29 is 15.0 Å². The summed E-state index contributed by atoms with van der Waals surface area (Å²) >= 11 is 0. The van der Waals surface area contributed by atoms with Gasteiger partial charge in [0.25, 0.3) is 0 Å². The molecule has 0 saturated heterocycles. The fourth-order valence-electron chi connectivity index (χ4n) is 7.24. The molecule has 0 aliphatic heterocycles. The van der Waals surface area contributed by atoms with Gasteiger partial charge < -0.3 is 15.5 Å². The highest BCUT2D eigenvalue weighted by Gasteiger charge is 2.20. The van der Waals surface area contributed by atoms with Gasteiger partial charge in [0.2, 0.25) is 5.91 Å². The van der Waals surface area contributed by atoms with E-state index in [0.717, 1.165) is 51.4 Å². The maximum atomic E-state index is 12.4. The normalized spacial score (nSPS) is 13.3. The van der Waals surface area contributed by atoms with Crippen LogP contribution in [-0.2, 0) is 4.79 Å². The van der Waals surface area contributed by atoms with E-state index in [9.17, 15) is 15.0 Å². The quantitative estimate of drug-likeness (QED) is 0.0429. The van der Waals surface area contributed by atoms with Gasteiger partial charge in [0.15, 0.2) is 0 Å². The standard InChI is InChI=1S/C50H93NO3/c1-3-5-7-9-11-13-15-17-19-21-22-23-24-25-26-27-28-30-32-34-36-38-40-42-44-46-50(54)51-48(47-52)49(53)45-43-41-39-37-35-33-31-29-20-18-16-14-12-10-8-6-4-2/h5,7,11,13,17,19,22-23,48-49,52-53H,3-4,6,8-10,12,14-16,18,20-21,24-47H2,1-2H3,(H,51,54)/b7-5-,13-11-,19-17-,23-22-. The molecular formula is C50H93NO3. The van der Waals surface area contributed by atoms with Crippen molar-refractivity contribution in [2.24, 2.45) is 0 Å². The number of rotatable bonds is 43. The van der Waals surface area contributed by atoms with Crippen LogP contribution >= 0.6 is 0 Å². The molecule has 0 aliphatic carbocycles. The van der Waals surface area contributed by atoms with Gasteiger partial charge in [-0.2, -0.15) is 0 Å². The van der Waals surface area contributed by atoms with Crippen LogP contribution in [0.1, 0.15) is 245 Å². The molecule has 0 radical (unpaired) electrons. The molecule has 1 amide bonds. The summed E-state index contributed by atoms with van der Waals surface area (Å²) in [5.41, 5.74) is 0. The Balaban J connectivity index is 3.50. The number of carbonyl (C=O) groups excluding carboxylic acids is 1. The number of carbonyl (C=O) groups is 1. The van der Waals surface area contributed by atoms with Gasteiger partial charge in [-0.05, 0) is 51.4 Å². The average molecular weight is 756 g/mol. The zero-order chi connectivity index (χ0) is 39.3. The van der Waals surface area contributed by atoms with Crippen LogP contribution in [0.2, 0.25) is 0 Å². The highest BCUT2D eigenvalue weighted by molar-refractivity contribution is 5.76. The first-order valence-corrected chi connectivity index (χ1v) is 23.8. The lowest BCUT2D eigenvalue weighted by atomic mass is 10.0. The number of hydrogen-bond donors (Lipinski definition) is 3. The minimum absolute atomic E-state index is 0.0334. The lowest BCUT2D eigenvalue weighted by Crippen LogP contribution is -2.45. The fraction of sp³-hybridized carbons (Fsp3) is 0.820. The maximum Gasteiger partial charge on any atom is 0.220 e. The Bertz CT molecular complexity index is 862. The second-order valence-corrected chi connectivity index (χ2v) is 16.2. The van der Waals surface area contributed by atoms with Gasteiger partial charge >= 0.3 is 0 Å². The highest BCUT2D eigenvalue weighted by atomic mass is 16.3. The molecule has 0 aromatic heterocycles. The number of aliphatic hydroxyl groups is 2. The van der Waals surface area contributed by atoms with E-state index in [2.05, 4.69) is 67.8 Å². The summed E-state index contributed by atoms with van der Waals surface area (Å²) in [7, 11) is 0. The molecule has 316 valence electrons. The van der Waals surface area contributed by atoms with Crippen molar-refractivity contribution >= 4 is 5.91 Å². The minimum Gasteiger partial charge on any atom is -0.394 e. The van der Waals surface area contributed by atoms with Crippen molar-refractivity contribution in [3.63, 3.8) is 0 Å². The van der Waals surface area contributed by atoms with E-state index in [1.54, 1.807) is 0 Å². The van der Waals surface area contributed by atoms with E-state index in [0.29, 0.717) is 12.8 Å². The van der Waals surface area contributed by atoms with E-state index in [1.807, 2.05) is 0 Å². The number of amides is 1. The Kier molecular flexibility index (Phi) is 44.3. The van der Waals surface area contributed by atoms with Crippen molar-refractivity contribution in [3.8, 4) is 0 Å². The van der Waals surface area contributed by atoms with E-state index in [4.69, 9.17) is 0 Å². The number of aliphatic hydroxyl groups excluding tert-OH is 2. The van der Waals surface area contributed by atoms with Crippen molar-refractivity contribution in [2.45, 2.75) is 257 Å². The molecule has 0 saturated carbocycles. The molecule has 3 N–H and O–H groups in total. The molecule has 0 bridgehead atoms.